The molecule has 1 aliphatic heterocycles. The molecule has 0 bridgehead atoms. The average molecular weight is 266 g/mol. The van der Waals surface area contributed by atoms with Gasteiger partial charge in [-0.05, 0) is 24.6 Å². The number of hydrogen-bond acceptors (Lipinski definition) is 4. The molecular weight excluding hydrogens is 244 g/mol. The topological polar surface area (TPSA) is 38.5 Å². The van der Waals surface area contributed by atoms with Crippen LogP contribution < -0.4 is 10.5 Å². The lowest BCUT2D eigenvalue weighted by Crippen LogP contribution is -2.31. The van der Waals surface area contributed by atoms with Crippen LogP contribution in [0.25, 0.3) is 0 Å². The van der Waals surface area contributed by atoms with Gasteiger partial charge in [0.2, 0.25) is 0 Å². The van der Waals surface area contributed by atoms with Crippen LogP contribution in [0.3, 0.4) is 0 Å². The molecule has 2 rings (SSSR count). The van der Waals surface area contributed by atoms with Gasteiger partial charge in [-0.25, -0.2) is 0 Å². The van der Waals surface area contributed by atoms with Gasteiger partial charge in [0.05, 0.1) is 0 Å². The Bertz CT molecular complexity index is 367. The fourth-order valence-corrected chi connectivity index (χ4v) is 2.99. The molecule has 1 aromatic rings. The molecule has 1 aliphatic rings. The van der Waals surface area contributed by atoms with E-state index < -0.39 is 0 Å². The van der Waals surface area contributed by atoms with Crippen LogP contribution in [0.1, 0.15) is 12.5 Å². The zero-order chi connectivity index (χ0) is 12.8. The molecule has 4 heteroatoms. The fourth-order valence-electron chi connectivity index (χ4n) is 2.02. The molecule has 1 heterocycles. The lowest BCUT2D eigenvalue weighted by molar-refractivity contribution is 0.229. The highest BCUT2D eigenvalue weighted by Crippen LogP contribution is 2.18. The Morgan fingerprint density at radius 3 is 2.89 bits per heavy atom. The summed E-state index contributed by atoms with van der Waals surface area (Å²) in [6, 6.07) is 8.37. The molecule has 1 aromatic carbocycles. The number of nitrogens with zero attached hydrogens (tertiary/aromatic N) is 1. The molecule has 18 heavy (non-hydrogen) atoms. The van der Waals surface area contributed by atoms with Crippen molar-refractivity contribution in [3.05, 3.63) is 29.8 Å². The zero-order valence-electron chi connectivity index (χ0n) is 11.0. The van der Waals surface area contributed by atoms with Gasteiger partial charge in [-0.15, -0.1) is 0 Å². The maximum atomic E-state index is 5.75. The number of benzene rings is 1. The average Bonchev–Trinajstić information content (AvgIpc) is 2.40. The molecule has 2 N–H and O–H groups in total. The predicted octanol–water partition coefficient (Wildman–Crippen LogP) is 1.96. The number of thioether (sulfide) groups is 1. The van der Waals surface area contributed by atoms with E-state index in [0.717, 1.165) is 12.3 Å². The Kier molecular flexibility index (Phi) is 5.35. The van der Waals surface area contributed by atoms with Gasteiger partial charge in [-0.1, -0.05) is 12.1 Å². The lowest BCUT2D eigenvalue weighted by atomic mass is 10.2. The first-order valence-corrected chi connectivity index (χ1v) is 7.69. The molecule has 0 saturated carbocycles. The molecule has 0 spiro atoms. The van der Waals surface area contributed by atoms with Gasteiger partial charge in [0.25, 0.3) is 0 Å². The Hall–Kier alpha value is -0.710. The summed E-state index contributed by atoms with van der Waals surface area (Å²) in [5.41, 5.74) is 6.89. The molecule has 3 nitrogen and oxygen atoms in total. The van der Waals surface area contributed by atoms with E-state index in [4.69, 9.17) is 10.5 Å². The zero-order valence-corrected chi connectivity index (χ0v) is 11.8. The summed E-state index contributed by atoms with van der Waals surface area (Å²) >= 11 is 2.04. The molecule has 1 fully saturated rings. The van der Waals surface area contributed by atoms with E-state index >= 15 is 0 Å². The Morgan fingerprint density at radius 2 is 2.17 bits per heavy atom. The SMILES string of the molecule is CC(CN)Oc1cccc(CN2CCSCC2)c1. The third-order valence-corrected chi connectivity index (χ3v) is 4.02. The van der Waals surface area contributed by atoms with E-state index in [1.54, 1.807) is 0 Å². The normalized spacial score (nSPS) is 18.6. The molecular formula is C14H22N2OS. The minimum atomic E-state index is 0.0756. The van der Waals surface area contributed by atoms with E-state index in [2.05, 4.69) is 23.1 Å². The first kappa shape index (κ1) is 13.7. The van der Waals surface area contributed by atoms with E-state index in [0.29, 0.717) is 6.54 Å². The second-order valence-corrected chi connectivity index (χ2v) is 5.92. The smallest absolute Gasteiger partial charge is 0.120 e. The molecule has 0 aliphatic carbocycles. The van der Waals surface area contributed by atoms with Crippen LogP contribution in [0.5, 0.6) is 5.75 Å². The van der Waals surface area contributed by atoms with Crippen molar-refractivity contribution in [3.8, 4) is 5.75 Å². The van der Waals surface area contributed by atoms with Crippen LogP contribution in [0, 0.1) is 0 Å². The largest absolute Gasteiger partial charge is 0.489 e. The summed E-state index contributed by atoms with van der Waals surface area (Å²) in [6.45, 7) is 5.95. The Labute approximate surface area is 114 Å². The summed E-state index contributed by atoms with van der Waals surface area (Å²) in [5, 5.41) is 0. The fraction of sp³-hybridized carbons (Fsp3) is 0.571. The summed E-state index contributed by atoms with van der Waals surface area (Å²) in [5.74, 6) is 3.43. The van der Waals surface area contributed by atoms with Gasteiger partial charge in [0.1, 0.15) is 11.9 Å². The molecule has 1 saturated heterocycles. The number of nitrogens with two attached hydrogens (primary N) is 1. The monoisotopic (exact) mass is 266 g/mol. The summed E-state index contributed by atoms with van der Waals surface area (Å²) in [4.78, 5) is 2.50. The van der Waals surface area contributed by atoms with Crippen molar-refractivity contribution in [2.45, 2.75) is 19.6 Å². The Balaban J connectivity index is 1.93. The number of hydrogen-bond donors (Lipinski definition) is 1. The van der Waals surface area contributed by atoms with Crippen molar-refractivity contribution < 1.29 is 4.74 Å². The minimum Gasteiger partial charge on any atom is -0.489 e. The van der Waals surface area contributed by atoms with Crippen LogP contribution in [-0.4, -0.2) is 42.1 Å². The molecule has 100 valence electrons. The summed E-state index contributed by atoms with van der Waals surface area (Å²) in [7, 11) is 0. The highest BCUT2D eigenvalue weighted by atomic mass is 32.2. The van der Waals surface area contributed by atoms with Gasteiger partial charge in [0, 0.05) is 37.7 Å². The molecule has 0 aromatic heterocycles. The minimum absolute atomic E-state index is 0.0756. The van der Waals surface area contributed by atoms with Crippen LogP contribution in [0.4, 0.5) is 0 Å². The first-order chi connectivity index (χ1) is 8.78. The van der Waals surface area contributed by atoms with Crippen LogP contribution in [-0.2, 0) is 6.54 Å². The van der Waals surface area contributed by atoms with Crippen molar-refractivity contribution in [1.82, 2.24) is 4.90 Å². The second kappa shape index (κ2) is 7.02. The highest BCUT2D eigenvalue weighted by Gasteiger charge is 2.11. The van der Waals surface area contributed by atoms with Gasteiger partial charge >= 0.3 is 0 Å². The molecule has 1 atom stereocenters. The maximum Gasteiger partial charge on any atom is 0.120 e. The molecule has 0 radical (unpaired) electrons. The number of ether oxygens (including phenoxy) is 1. The van der Waals surface area contributed by atoms with Crippen molar-refractivity contribution in [2.24, 2.45) is 5.73 Å². The predicted molar refractivity (Wildman–Crippen MR) is 78.2 cm³/mol. The highest BCUT2D eigenvalue weighted by molar-refractivity contribution is 7.99. The quantitative estimate of drug-likeness (QED) is 0.884. The Morgan fingerprint density at radius 1 is 1.39 bits per heavy atom. The molecule has 0 amide bonds. The summed E-state index contributed by atoms with van der Waals surface area (Å²) < 4.78 is 5.75. The van der Waals surface area contributed by atoms with Gasteiger partial charge in [0.15, 0.2) is 0 Å². The van der Waals surface area contributed by atoms with E-state index in [1.165, 1.54) is 30.2 Å². The third-order valence-electron chi connectivity index (χ3n) is 3.08. The number of rotatable bonds is 5. The van der Waals surface area contributed by atoms with Gasteiger partial charge in [-0.2, -0.15) is 11.8 Å². The van der Waals surface area contributed by atoms with Crippen molar-refractivity contribution in [3.63, 3.8) is 0 Å². The van der Waals surface area contributed by atoms with Crippen molar-refractivity contribution in [2.75, 3.05) is 31.1 Å². The van der Waals surface area contributed by atoms with Gasteiger partial charge in [-0.3, -0.25) is 4.90 Å². The standard InChI is InChI=1S/C14H22N2OS/c1-12(10-15)17-14-4-2-3-13(9-14)11-16-5-7-18-8-6-16/h2-4,9,12H,5-8,10-11,15H2,1H3. The first-order valence-electron chi connectivity index (χ1n) is 6.53. The second-order valence-electron chi connectivity index (χ2n) is 4.70. The lowest BCUT2D eigenvalue weighted by Gasteiger charge is -2.26. The summed E-state index contributed by atoms with van der Waals surface area (Å²) in [6.07, 6.45) is 0.0756. The van der Waals surface area contributed by atoms with Crippen molar-refractivity contribution in [1.29, 1.82) is 0 Å². The van der Waals surface area contributed by atoms with Gasteiger partial charge < -0.3 is 10.5 Å². The van der Waals surface area contributed by atoms with Crippen LogP contribution >= 0.6 is 11.8 Å². The third kappa shape index (κ3) is 4.19. The van der Waals surface area contributed by atoms with Crippen LogP contribution in [0.15, 0.2) is 24.3 Å². The van der Waals surface area contributed by atoms with E-state index in [1.807, 2.05) is 24.8 Å². The van der Waals surface area contributed by atoms with E-state index in [9.17, 15) is 0 Å². The van der Waals surface area contributed by atoms with E-state index in [-0.39, 0.29) is 6.10 Å². The van der Waals surface area contributed by atoms with Crippen LogP contribution in [0.2, 0.25) is 0 Å². The van der Waals surface area contributed by atoms with Crippen molar-refractivity contribution >= 4 is 11.8 Å². The molecule has 1 unspecified atom stereocenters. The maximum absolute atomic E-state index is 5.75.